The lowest BCUT2D eigenvalue weighted by molar-refractivity contribution is 0.310. The quantitative estimate of drug-likeness (QED) is 0.720. The molecule has 0 fully saturated rings. The van der Waals surface area contributed by atoms with Crippen LogP contribution in [0.3, 0.4) is 0 Å². The molecule has 0 aliphatic heterocycles. The van der Waals surface area contributed by atoms with Gasteiger partial charge >= 0.3 is 0 Å². The Hall–Kier alpha value is -2.67. The molecular formula is C15H17N5O2. The van der Waals surface area contributed by atoms with Crippen LogP contribution in [0, 0.1) is 0 Å². The van der Waals surface area contributed by atoms with Gasteiger partial charge in [-0.25, -0.2) is 4.98 Å². The lowest BCUT2D eigenvalue weighted by atomic mass is 10.2. The van der Waals surface area contributed by atoms with Crippen molar-refractivity contribution in [2.75, 3.05) is 18.5 Å². The number of rotatable bonds is 5. The van der Waals surface area contributed by atoms with E-state index in [9.17, 15) is 4.79 Å². The van der Waals surface area contributed by atoms with Gasteiger partial charge in [-0.1, -0.05) is 30.3 Å². The molecule has 2 aromatic heterocycles. The van der Waals surface area contributed by atoms with E-state index in [2.05, 4.69) is 15.3 Å². The summed E-state index contributed by atoms with van der Waals surface area (Å²) in [7, 11) is 1.65. The number of aliphatic hydroxyl groups excluding tert-OH is 1. The van der Waals surface area contributed by atoms with E-state index in [4.69, 9.17) is 5.11 Å². The predicted octanol–water partition coefficient (Wildman–Crippen LogP) is 0.582. The maximum absolute atomic E-state index is 12.5. The minimum Gasteiger partial charge on any atom is -0.395 e. The SMILES string of the molecule is Cn1c(NCCO)nc2ncn(Cc3ccccc3)c2c1=O. The molecule has 0 radical (unpaired) electrons. The average molecular weight is 299 g/mol. The molecule has 0 aliphatic rings. The summed E-state index contributed by atoms with van der Waals surface area (Å²) in [6, 6.07) is 9.88. The number of aliphatic hydroxyl groups is 1. The molecule has 2 heterocycles. The molecular weight excluding hydrogens is 282 g/mol. The van der Waals surface area contributed by atoms with E-state index in [0.717, 1.165) is 5.56 Å². The van der Waals surface area contributed by atoms with Crippen molar-refractivity contribution in [1.82, 2.24) is 19.1 Å². The third-order valence-electron chi connectivity index (χ3n) is 3.45. The molecule has 2 N–H and O–H groups in total. The van der Waals surface area contributed by atoms with Crippen LogP contribution in [0.4, 0.5) is 5.95 Å². The summed E-state index contributed by atoms with van der Waals surface area (Å²) >= 11 is 0. The van der Waals surface area contributed by atoms with Crippen LogP contribution in [0.25, 0.3) is 11.2 Å². The maximum atomic E-state index is 12.5. The standard InChI is InChI=1S/C15H17N5O2/c1-19-14(22)12-13(18-15(19)16-7-8-21)17-10-20(12)9-11-5-3-2-4-6-11/h2-6,10,21H,7-9H2,1H3,(H,16,18). The van der Waals surface area contributed by atoms with Gasteiger partial charge in [-0.15, -0.1) is 0 Å². The molecule has 0 bridgehead atoms. The van der Waals surface area contributed by atoms with Gasteiger partial charge in [0.15, 0.2) is 11.2 Å². The fourth-order valence-corrected chi connectivity index (χ4v) is 2.33. The molecule has 0 atom stereocenters. The number of aromatic nitrogens is 4. The highest BCUT2D eigenvalue weighted by atomic mass is 16.3. The molecule has 7 heteroatoms. The van der Waals surface area contributed by atoms with Gasteiger partial charge in [-0.2, -0.15) is 4.98 Å². The summed E-state index contributed by atoms with van der Waals surface area (Å²) in [5.74, 6) is 0.400. The summed E-state index contributed by atoms with van der Waals surface area (Å²) in [5.41, 5.74) is 1.80. The van der Waals surface area contributed by atoms with Gasteiger partial charge in [0.1, 0.15) is 0 Å². The lowest BCUT2D eigenvalue weighted by Crippen LogP contribution is -2.25. The largest absolute Gasteiger partial charge is 0.395 e. The van der Waals surface area contributed by atoms with E-state index in [0.29, 0.717) is 30.2 Å². The number of nitrogens with one attached hydrogen (secondary N) is 1. The Labute approximate surface area is 126 Å². The first kappa shape index (κ1) is 14.3. The number of benzene rings is 1. The summed E-state index contributed by atoms with van der Waals surface area (Å²) in [5, 5.41) is 11.8. The van der Waals surface area contributed by atoms with Gasteiger partial charge in [0.25, 0.3) is 5.56 Å². The van der Waals surface area contributed by atoms with Crippen molar-refractivity contribution in [1.29, 1.82) is 0 Å². The summed E-state index contributed by atoms with van der Waals surface area (Å²) in [6.45, 7) is 0.866. The van der Waals surface area contributed by atoms with E-state index in [1.54, 1.807) is 17.9 Å². The molecule has 114 valence electrons. The summed E-state index contributed by atoms with van der Waals surface area (Å²) < 4.78 is 3.23. The van der Waals surface area contributed by atoms with Gasteiger partial charge in [-0.3, -0.25) is 9.36 Å². The van der Waals surface area contributed by atoms with E-state index in [1.807, 2.05) is 30.3 Å². The topological polar surface area (TPSA) is 85.0 Å². The van der Waals surface area contributed by atoms with Crippen molar-refractivity contribution in [3.63, 3.8) is 0 Å². The van der Waals surface area contributed by atoms with Crippen molar-refractivity contribution in [2.45, 2.75) is 6.54 Å². The minimum atomic E-state index is -0.168. The molecule has 0 saturated heterocycles. The summed E-state index contributed by atoms with van der Waals surface area (Å²) in [6.07, 6.45) is 1.63. The maximum Gasteiger partial charge on any atom is 0.280 e. The van der Waals surface area contributed by atoms with Gasteiger partial charge in [0, 0.05) is 20.1 Å². The molecule has 22 heavy (non-hydrogen) atoms. The minimum absolute atomic E-state index is 0.0314. The van der Waals surface area contributed by atoms with Crippen molar-refractivity contribution < 1.29 is 5.11 Å². The Morgan fingerprint density at radius 3 is 2.77 bits per heavy atom. The van der Waals surface area contributed by atoms with Crippen LogP contribution < -0.4 is 10.9 Å². The Bertz CT molecular complexity index is 838. The fourth-order valence-electron chi connectivity index (χ4n) is 2.33. The number of imidazole rings is 1. The van der Waals surface area contributed by atoms with Gasteiger partial charge in [0.2, 0.25) is 5.95 Å². The molecule has 0 spiro atoms. The molecule has 0 amide bonds. The van der Waals surface area contributed by atoms with Crippen LogP contribution in [0.15, 0.2) is 41.5 Å². The monoisotopic (exact) mass is 299 g/mol. The Kier molecular flexibility index (Phi) is 3.88. The molecule has 0 aliphatic carbocycles. The lowest BCUT2D eigenvalue weighted by Gasteiger charge is -2.09. The van der Waals surface area contributed by atoms with Crippen LogP contribution in [-0.4, -0.2) is 37.4 Å². The second-order valence-corrected chi connectivity index (χ2v) is 4.98. The van der Waals surface area contributed by atoms with E-state index < -0.39 is 0 Å². The van der Waals surface area contributed by atoms with E-state index >= 15 is 0 Å². The fraction of sp³-hybridized carbons (Fsp3) is 0.267. The van der Waals surface area contributed by atoms with Crippen molar-refractivity contribution in [3.05, 3.63) is 52.6 Å². The van der Waals surface area contributed by atoms with Crippen LogP contribution >= 0.6 is 0 Å². The van der Waals surface area contributed by atoms with E-state index in [1.165, 1.54) is 4.57 Å². The van der Waals surface area contributed by atoms with Gasteiger partial charge < -0.3 is 15.0 Å². The Morgan fingerprint density at radius 2 is 2.05 bits per heavy atom. The third kappa shape index (κ3) is 2.58. The number of fused-ring (bicyclic) bond motifs is 1. The van der Waals surface area contributed by atoms with Crippen molar-refractivity contribution >= 4 is 17.1 Å². The number of hydrogen-bond donors (Lipinski definition) is 2. The Balaban J connectivity index is 2.04. The number of anilines is 1. The molecule has 7 nitrogen and oxygen atoms in total. The first-order chi connectivity index (χ1) is 10.7. The van der Waals surface area contributed by atoms with Gasteiger partial charge in [-0.05, 0) is 5.56 Å². The smallest absolute Gasteiger partial charge is 0.280 e. The molecule has 3 rings (SSSR count). The van der Waals surface area contributed by atoms with Crippen molar-refractivity contribution in [2.24, 2.45) is 7.05 Å². The second kappa shape index (κ2) is 5.98. The van der Waals surface area contributed by atoms with Gasteiger partial charge in [0.05, 0.1) is 12.9 Å². The zero-order chi connectivity index (χ0) is 15.5. The summed E-state index contributed by atoms with van der Waals surface area (Å²) in [4.78, 5) is 21.1. The highest BCUT2D eigenvalue weighted by Crippen LogP contribution is 2.11. The number of nitrogens with zero attached hydrogens (tertiary/aromatic N) is 4. The zero-order valence-electron chi connectivity index (χ0n) is 12.2. The first-order valence-corrected chi connectivity index (χ1v) is 7.01. The molecule has 0 saturated carbocycles. The normalized spacial score (nSPS) is 11.0. The van der Waals surface area contributed by atoms with Crippen molar-refractivity contribution in [3.8, 4) is 0 Å². The van der Waals surface area contributed by atoms with Crippen LogP contribution in [0.1, 0.15) is 5.56 Å². The third-order valence-corrected chi connectivity index (χ3v) is 3.45. The molecule has 1 aromatic carbocycles. The van der Waals surface area contributed by atoms with E-state index in [-0.39, 0.29) is 12.2 Å². The average Bonchev–Trinajstić information content (AvgIpc) is 2.93. The van der Waals surface area contributed by atoms with Crippen LogP contribution in [0.2, 0.25) is 0 Å². The highest BCUT2D eigenvalue weighted by molar-refractivity contribution is 5.71. The Morgan fingerprint density at radius 1 is 1.27 bits per heavy atom. The predicted molar refractivity (Wildman–Crippen MR) is 83.9 cm³/mol. The molecule has 0 unspecified atom stereocenters. The molecule has 3 aromatic rings. The second-order valence-electron chi connectivity index (χ2n) is 4.98. The highest BCUT2D eigenvalue weighted by Gasteiger charge is 2.13. The van der Waals surface area contributed by atoms with Crippen LogP contribution in [0.5, 0.6) is 0 Å². The first-order valence-electron chi connectivity index (χ1n) is 7.01. The van der Waals surface area contributed by atoms with Crippen LogP contribution in [-0.2, 0) is 13.6 Å². The number of hydrogen-bond acceptors (Lipinski definition) is 5. The zero-order valence-corrected chi connectivity index (χ0v) is 12.2.